The van der Waals surface area contributed by atoms with Crippen LogP contribution in [0.1, 0.15) is 58.3 Å². The number of hydrogen-bond donors (Lipinski definition) is 2. The molecule has 2 aliphatic heterocycles. The van der Waals surface area contributed by atoms with E-state index in [1.54, 1.807) is 0 Å². The molecule has 21 heavy (non-hydrogen) atoms. The minimum absolute atomic E-state index is 0.230. The van der Waals surface area contributed by atoms with Crippen LogP contribution in [0.4, 0.5) is 0 Å². The minimum atomic E-state index is 0.230. The Morgan fingerprint density at radius 3 is 2.76 bits per heavy atom. The van der Waals surface area contributed by atoms with E-state index in [4.69, 9.17) is 0 Å². The molecule has 2 N–H and O–H groups in total. The molecule has 2 fully saturated rings. The highest BCUT2D eigenvalue weighted by atomic mass is 16.1. The zero-order valence-electron chi connectivity index (χ0n) is 13.7. The second-order valence-corrected chi connectivity index (χ2v) is 6.96. The second-order valence-electron chi connectivity index (χ2n) is 6.96. The van der Waals surface area contributed by atoms with E-state index in [9.17, 15) is 4.79 Å². The highest BCUT2D eigenvalue weighted by molar-refractivity contribution is 5.75. The number of carbonyl (C=O) groups is 1. The van der Waals surface area contributed by atoms with Gasteiger partial charge in [-0.2, -0.15) is 0 Å². The number of carbonyl (C=O) groups excluding carboxylic acids is 1. The zero-order chi connectivity index (χ0) is 14.9. The molecule has 0 aromatic heterocycles. The molecule has 2 aliphatic rings. The number of hydrogen-bond acceptors (Lipinski definition) is 3. The predicted octanol–water partition coefficient (Wildman–Crippen LogP) is 2.15. The summed E-state index contributed by atoms with van der Waals surface area (Å²) in [6, 6.07) is 0.565. The van der Waals surface area contributed by atoms with Crippen molar-refractivity contribution in [1.82, 2.24) is 15.5 Å². The van der Waals surface area contributed by atoms with E-state index in [1.807, 2.05) is 0 Å². The molecule has 2 saturated heterocycles. The van der Waals surface area contributed by atoms with Crippen LogP contribution in [-0.2, 0) is 4.79 Å². The van der Waals surface area contributed by atoms with Gasteiger partial charge in [0, 0.05) is 25.6 Å². The summed E-state index contributed by atoms with van der Waals surface area (Å²) in [5, 5.41) is 6.63. The summed E-state index contributed by atoms with van der Waals surface area (Å²) in [6.45, 7) is 7.81. The average molecular weight is 295 g/mol. The topological polar surface area (TPSA) is 44.4 Å². The minimum Gasteiger partial charge on any atom is -0.356 e. The molecule has 1 amide bonds. The smallest absolute Gasteiger partial charge is 0.220 e. The van der Waals surface area contributed by atoms with Gasteiger partial charge in [-0.3, -0.25) is 4.79 Å². The van der Waals surface area contributed by atoms with E-state index in [0.29, 0.717) is 18.4 Å². The Balaban J connectivity index is 1.52. The molecule has 0 aliphatic carbocycles. The molecular weight excluding hydrogens is 262 g/mol. The molecule has 122 valence electrons. The van der Waals surface area contributed by atoms with Crippen LogP contribution in [0.3, 0.4) is 0 Å². The first-order valence-corrected chi connectivity index (χ1v) is 8.96. The second kappa shape index (κ2) is 9.42. The highest BCUT2D eigenvalue weighted by Gasteiger charge is 2.16. The summed E-state index contributed by atoms with van der Waals surface area (Å²) >= 11 is 0. The van der Waals surface area contributed by atoms with E-state index in [1.165, 1.54) is 51.6 Å². The molecule has 2 atom stereocenters. The van der Waals surface area contributed by atoms with Crippen LogP contribution in [0.5, 0.6) is 0 Å². The lowest BCUT2D eigenvalue weighted by molar-refractivity contribution is -0.121. The fourth-order valence-corrected chi connectivity index (χ4v) is 3.50. The van der Waals surface area contributed by atoms with Crippen molar-refractivity contribution in [3.63, 3.8) is 0 Å². The molecule has 0 aromatic carbocycles. The van der Waals surface area contributed by atoms with Gasteiger partial charge in [0.25, 0.3) is 0 Å². The fourth-order valence-electron chi connectivity index (χ4n) is 3.50. The SMILES string of the molecule is CC(CNC(=O)CCC1CCCCN1)CN1CCCCC1. The van der Waals surface area contributed by atoms with E-state index in [2.05, 4.69) is 22.5 Å². The first kappa shape index (κ1) is 16.8. The highest BCUT2D eigenvalue weighted by Crippen LogP contribution is 2.12. The summed E-state index contributed by atoms with van der Waals surface area (Å²) in [4.78, 5) is 14.5. The maximum absolute atomic E-state index is 11.9. The normalized spacial score (nSPS) is 25.5. The number of nitrogens with zero attached hydrogens (tertiary/aromatic N) is 1. The summed E-state index contributed by atoms with van der Waals surface area (Å²) in [7, 11) is 0. The van der Waals surface area contributed by atoms with Gasteiger partial charge in [-0.15, -0.1) is 0 Å². The molecule has 0 bridgehead atoms. The van der Waals surface area contributed by atoms with Gasteiger partial charge in [-0.05, 0) is 57.7 Å². The lowest BCUT2D eigenvalue weighted by Crippen LogP contribution is -2.39. The molecule has 2 unspecified atom stereocenters. The quantitative estimate of drug-likeness (QED) is 0.756. The Morgan fingerprint density at radius 2 is 2.05 bits per heavy atom. The Bertz CT molecular complexity index is 296. The van der Waals surface area contributed by atoms with Gasteiger partial charge in [-0.1, -0.05) is 19.8 Å². The van der Waals surface area contributed by atoms with Crippen LogP contribution in [0.2, 0.25) is 0 Å². The third kappa shape index (κ3) is 6.79. The van der Waals surface area contributed by atoms with Crippen molar-refractivity contribution in [1.29, 1.82) is 0 Å². The Labute approximate surface area is 130 Å². The van der Waals surface area contributed by atoms with Crippen molar-refractivity contribution in [3.8, 4) is 0 Å². The van der Waals surface area contributed by atoms with Crippen LogP contribution >= 0.6 is 0 Å². The van der Waals surface area contributed by atoms with Gasteiger partial charge in [-0.25, -0.2) is 0 Å². The van der Waals surface area contributed by atoms with Crippen LogP contribution in [0.15, 0.2) is 0 Å². The largest absolute Gasteiger partial charge is 0.356 e. The Hall–Kier alpha value is -0.610. The number of nitrogens with one attached hydrogen (secondary N) is 2. The van der Waals surface area contributed by atoms with E-state index in [-0.39, 0.29) is 5.91 Å². The third-order valence-corrected chi connectivity index (χ3v) is 4.80. The summed E-state index contributed by atoms with van der Waals surface area (Å²) < 4.78 is 0. The molecular formula is C17H33N3O. The van der Waals surface area contributed by atoms with Gasteiger partial charge in [0.05, 0.1) is 0 Å². The predicted molar refractivity (Wildman–Crippen MR) is 87.3 cm³/mol. The van der Waals surface area contributed by atoms with E-state index in [0.717, 1.165) is 26.1 Å². The third-order valence-electron chi connectivity index (χ3n) is 4.80. The standard InChI is InChI=1S/C17H33N3O/c1-15(14-20-11-5-2-6-12-20)13-19-17(21)9-8-16-7-3-4-10-18-16/h15-16,18H,2-14H2,1H3,(H,19,21). The van der Waals surface area contributed by atoms with Crippen molar-refractivity contribution < 1.29 is 4.79 Å². The fraction of sp³-hybridized carbons (Fsp3) is 0.941. The van der Waals surface area contributed by atoms with E-state index < -0.39 is 0 Å². The van der Waals surface area contributed by atoms with Crippen LogP contribution in [-0.4, -0.2) is 49.6 Å². The van der Waals surface area contributed by atoms with Crippen LogP contribution in [0, 0.1) is 5.92 Å². The first-order chi connectivity index (χ1) is 10.2. The van der Waals surface area contributed by atoms with Crippen molar-refractivity contribution in [2.75, 3.05) is 32.7 Å². The van der Waals surface area contributed by atoms with Crippen LogP contribution in [0.25, 0.3) is 0 Å². The van der Waals surface area contributed by atoms with Crippen molar-refractivity contribution in [2.24, 2.45) is 5.92 Å². The Kier molecular flexibility index (Phi) is 7.51. The van der Waals surface area contributed by atoms with Gasteiger partial charge < -0.3 is 15.5 Å². The average Bonchev–Trinajstić information content (AvgIpc) is 2.53. The molecule has 0 saturated carbocycles. The Morgan fingerprint density at radius 1 is 1.24 bits per heavy atom. The number of amides is 1. The van der Waals surface area contributed by atoms with E-state index >= 15 is 0 Å². The van der Waals surface area contributed by atoms with Gasteiger partial charge in [0.1, 0.15) is 0 Å². The van der Waals surface area contributed by atoms with Crippen molar-refractivity contribution >= 4 is 5.91 Å². The number of piperidine rings is 2. The molecule has 0 spiro atoms. The molecule has 0 radical (unpaired) electrons. The van der Waals surface area contributed by atoms with Gasteiger partial charge in [0.2, 0.25) is 5.91 Å². The maximum atomic E-state index is 11.9. The molecule has 2 heterocycles. The van der Waals surface area contributed by atoms with Crippen molar-refractivity contribution in [3.05, 3.63) is 0 Å². The molecule has 4 heteroatoms. The monoisotopic (exact) mass is 295 g/mol. The molecule has 4 nitrogen and oxygen atoms in total. The number of rotatable bonds is 7. The van der Waals surface area contributed by atoms with Gasteiger partial charge >= 0.3 is 0 Å². The maximum Gasteiger partial charge on any atom is 0.220 e. The van der Waals surface area contributed by atoms with Gasteiger partial charge in [0.15, 0.2) is 0 Å². The summed E-state index contributed by atoms with van der Waals surface area (Å²) in [5.74, 6) is 0.785. The molecule has 0 aromatic rings. The summed E-state index contributed by atoms with van der Waals surface area (Å²) in [5.41, 5.74) is 0. The number of likely N-dealkylation sites (tertiary alicyclic amines) is 1. The lowest BCUT2D eigenvalue weighted by Gasteiger charge is -2.29. The summed E-state index contributed by atoms with van der Waals surface area (Å²) in [6.07, 6.45) is 9.57. The van der Waals surface area contributed by atoms with Crippen LogP contribution < -0.4 is 10.6 Å². The van der Waals surface area contributed by atoms with Crippen molar-refractivity contribution in [2.45, 2.75) is 64.3 Å². The first-order valence-electron chi connectivity index (χ1n) is 8.96. The lowest BCUT2D eigenvalue weighted by atomic mass is 10.0. The zero-order valence-corrected chi connectivity index (χ0v) is 13.7. The molecule has 2 rings (SSSR count).